The molecular formula is C18H17BrClNO4. The van der Waals surface area contributed by atoms with Gasteiger partial charge >= 0.3 is 5.97 Å². The number of methoxy groups -OCH3 is 1. The Labute approximate surface area is 159 Å². The summed E-state index contributed by atoms with van der Waals surface area (Å²) in [5.74, 6) is -1.65. The molecule has 2 N–H and O–H groups in total. The first-order valence-electron chi connectivity index (χ1n) is 7.47. The van der Waals surface area contributed by atoms with Crippen molar-refractivity contribution in [2.45, 2.75) is 18.6 Å². The summed E-state index contributed by atoms with van der Waals surface area (Å²) in [6.45, 7) is 0. The zero-order valence-corrected chi connectivity index (χ0v) is 15.8. The third-order valence-electron chi connectivity index (χ3n) is 3.62. The normalized spacial score (nSPS) is 13.1. The van der Waals surface area contributed by atoms with Gasteiger partial charge in [0, 0.05) is 23.0 Å². The highest BCUT2D eigenvalue weighted by molar-refractivity contribution is 9.10. The van der Waals surface area contributed by atoms with Crippen LogP contribution in [0.1, 0.15) is 17.2 Å². The average molecular weight is 427 g/mol. The Morgan fingerprint density at radius 2 is 1.92 bits per heavy atom. The van der Waals surface area contributed by atoms with Crippen molar-refractivity contribution in [3.8, 4) is 0 Å². The van der Waals surface area contributed by atoms with Crippen molar-refractivity contribution < 1.29 is 19.4 Å². The van der Waals surface area contributed by atoms with Crippen LogP contribution in [-0.2, 0) is 20.7 Å². The lowest BCUT2D eigenvalue weighted by atomic mass is 10.0. The molecule has 5 nitrogen and oxygen atoms in total. The van der Waals surface area contributed by atoms with Gasteiger partial charge in [-0.1, -0.05) is 57.9 Å². The quantitative estimate of drug-likeness (QED) is 0.709. The maximum absolute atomic E-state index is 12.5. The van der Waals surface area contributed by atoms with Crippen LogP contribution in [0.5, 0.6) is 0 Å². The summed E-state index contributed by atoms with van der Waals surface area (Å²) in [5.41, 5.74) is 1.34. The van der Waals surface area contributed by atoms with E-state index in [0.717, 1.165) is 4.47 Å². The van der Waals surface area contributed by atoms with Gasteiger partial charge in [0.05, 0.1) is 0 Å². The summed E-state index contributed by atoms with van der Waals surface area (Å²) in [6.07, 6.45) is -0.793. The van der Waals surface area contributed by atoms with Crippen molar-refractivity contribution in [3.63, 3.8) is 0 Å². The number of halogens is 2. The number of rotatable bonds is 7. The maximum Gasteiger partial charge on any atom is 0.326 e. The number of amides is 1. The average Bonchev–Trinajstić information content (AvgIpc) is 2.59. The van der Waals surface area contributed by atoms with Gasteiger partial charge in [-0.3, -0.25) is 4.79 Å². The monoisotopic (exact) mass is 425 g/mol. The number of carboxylic acid groups (broad SMARTS) is 1. The van der Waals surface area contributed by atoms with Crippen LogP contribution in [0.3, 0.4) is 0 Å². The first kappa shape index (κ1) is 19.4. The molecule has 0 aliphatic heterocycles. The minimum atomic E-state index is -1.14. The molecule has 0 saturated heterocycles. The van der Waals surface area contributed by atoms with Crippen molar-refractivity contribution in [1.82, 2.24) is 5.32 Å². The van der Waals surface area contributed by atoms with E-state index in [2.05, 4.69) is 21.2 Å². The third kappa shape index (κ3) is 5.29. The zero-order chi connectivity index (χ0) is 18.4. The van der Waals surface area contributed by atoms with Crippen LogP contribution in [-0.4, -0.2) is 30.1 Å². The topological polar surface area (TPSA) is 75.6 Å². The lowest BCUT2D eigenvalue weighted by Crippen LogP contribution is -2.44. The summed E-state index contributed by atoms with van der Waals surface area (Å²) in [7, 11) is 1.40. The van der Waals surface area contributed by atoms with Gasteiger partial charge in [0.25, 0.3) is 5.91 Å². The Morgan fingerprint density at radius 1 is 1.24 bits per heavy atom. The van der Waals surface area contributed by atoms with Crippen LogP contribution < -0.4 is 5.32 Å². The van der Waals surface area contributed by atoms with Crippen molar-refractivity contribution >= 4 is 39.4 Å². The number of benzene rings is 2. The lowest BCUT2D eigenvalue weighted by molar-refractivity contribution is -0.144. The number of aliphatic carboxylic acids is 1. The molecule has 25 heavy (non-hydrogen) atoms. The number of carboxylic acids is 1. The van der Waals surface area contributed by atoms with Crippen LogP contribution in [0.25, 0.3) is 0 Å². The van der Waals surface area contributed by atoms with Gasteiger partial charge in [-0.25, -0.2) is 4.79 Å². The van der Waals surface area contributed by atoms with Crippen LogP contribution in [0.2, 0.25) is 5.02 Å². The van der Waals surface area contributed by atoms with Crippen molar-refractivity contribution in [3.05, 3.63) is 69.2 Å². The number of nitrogens with one attached hydrogen (secondary N) is 1. The van der Waals surface area contributed by atoms with E-state index in [1.165, 1.54) is 7.11 Å². The Morgan fingerprint density at radius 3 is 2.52 bits per heavy atom. The molecule has 0 saturated carbocycles. The first-order chi connectivity index (χ1) is 11.9. The van der Waals surface area contributed by atoms with Gasteiger partial charge in [-0.15, -0.1) is 0 Å². The fraction of sp³-hybridized carbons (Fsp3) is 0.222. The van der Waals surface area contributed by atoms with Crippen molar-refractivity contribution in [1.29, 1.82) is 0 Å². The SMILES string of the molecule is CO[C@@H](C(=O)N[C@H](Cc1cc(Cl)ccc1Br)C(=O)O)c1ccccc1. The summed E-state index contributed by atoms with van der Waals surface area (Å²) < 4.78 is 5.96. The van der Waals surface area contributed by atoms with Gasteiger partial charge in [0.15, 0.2) is 6.10 Å². The zero-order valence-electron chi connectivity index (χ0n) is 13.4. The third-order valence-corrected chi connectivity index (χ3v) is 4.63. The smallest absolute Gasteiger partial charge is 0.326 e. The molecule has 1 amide bonds. The molecule has 7 heteroatoms. The minimum Gasteiger partial charge on any atom is -0.480 e. The van der Waals surface area contributed by atoms with Gasteiger partial charge < -0.3 is 15.2 Å². The Bertz CT molecular complexity index is 754. The summed E-state index contributed by atoms with van der Waals surface area (Å²) >= 11 is 9.33. The molecule has 0 bridgehead atoms. The molecule has 2 atom stereocenters. The molecule has 2 aromatic rings. The number of ether oxygens (including phenoxy) is 1. The van der Waals surface area contributed by atoms with Gasteiger partial charge in [0.2, 0.25) is 0 Å². The van der Waals surface area contributed by atoms with E-state index in [9.17, 15) is 14.7 Å². The molecule has 0 unspecified atom stereocenters. The van der Waals surface area contributed by atoms with E-state index in [0.29, 0.717) is 16.1 Å². The second-order valence-electron chi connectivity index (χ2n) is 5.37. The van der Waals surface area contributed by atoms with E-state index in [1.54, 1.807) is 42.5 Å². The second-order valence-corrected chi connectivity index (χ2v) is 6.66. The fourth-order valence-corrected chi connectivity index (χ4v) is 2.99. The van der Waals surface area contributed by atoms with E-state index < -0.39 is 24.0 Å². The van der Waals surface area contributed by atoms with Gasteiger partial charge in [0.1, 0.15) is 6.04 Å². The maximum atomic E-state index is 12.5. The largest absolute Gasteiger partial charge is 0.480 e. The Hall–Kier alpha value is -1.89. The van der Waals surface area contributed by atoms with E-state index >= 15 is 0 Å². The molecule has 0 radical (unpaired) electrons. The van der Waals surface area contributed by atoms with Crippen LogP contribution >= 0.6 is 27.5 Å². The van der Waals surface area contributed by atoms with Gasteiger partial charge in [-0.05, 0) is 29.3 Å². The minimum absolute atomic E-state index is 0.0907. The highest BCUT2D eigenvalue weighted by Gasteiger charge is 2.27. The number of carbonyl (C=O) groups excluding carboxylic acids is 1. The molecule has 2 aromatic carbocycles. The van der Waals surface area contributed by atoms with Crippen LogP contribution in [0, 0.1) is 0 Å². The standard InChI is InChI=1S/C18H17BrClNO4/c1-25-16(11-5-3-2-4-6-11)17(22)21-15(18(23)24)10-12-9-13(20)7-8-14(12)19/h2-9,15-16H,10H2,1H3,(H,21,22)(H,23,24)/t15-,16-/m1/s1. The van der Waals surface area contributed by atoms with Crippen LogP contribution in [0.15, 0.2) is 53.0 Å². The molecule has 0 spiro atoms. The lowest BCUT2D eigenvalue weighted by Gasteiger charge is -2.20. The summed E-state index contributed by atoms with van der Waals surface area (Å²) in [6, 6.07) is 12.9. The highest BCUT2D eigenvalue weighted by Crippen LogP contribution is 2.23. The van der Waals surface area contributed by atoms with E-state index in [1.807, 2.05) is 6.07 Å². The highest BCUT2D eigenvalue weighted by atomic mass is 79.9. The molecule has 0 aliphatic carbocycles. The Balaban J connectivity index is 2.16. The van der Waals surface area contributed by atoms with Gasteiger partial charge in [-0.2, -0.15) is 0 Å². The number of hydrogen-bond acceptors (Lipinski definition) is 3. The number of carbonyl (C=O) groups is 2. The second kappa shape index (κ2) is 8.99. The summed E-state index contributed by atoms with van der Waals surface area (Å²) in [4.78, 5) is 24.1. The van der Waals surface area contributed by atoms with Crippen LogP contribution in [0.4, 0.5) is 0 Å². The molecular weight excluding hydrogens is 410 g/mol. The molecule has 0 aromatic heterocycles. The Kier molecular flexibility index (Phi) is 6.99. The molecule has 0 heterocycles. The van der Waals surface area contributed by atoms with E-state index in [4.69, 9.17) is 16.3 Å². The van der Waals surface area contributed by atoms with Crippen molar-refractivity contribution in [2.75, 3.05) is 7.11 Å². The summed E-state index contributed by atoms with van der Waals surface area (Å²) in [5, 5.41) is 12.5. The number of hydrogen-bond donors (Lipinski definition) is 2. The predicted molar refractivity (Wildman–Crippen MR) is 98.6 cm³/mol. The molecule has 2 rings (SSSR count). The fourth-order valence-electron chi connectivity index (χ4n) is 2.39. The molecule has 132 valence electrons. The predicted octanol–water partition coefficient (Wildman–Crippen LogP) is 3.60. The molecule has 0 aliphatic rings. The van der Waals surface area contributed by atoms with Crippen molar-refractivity contribution in [2.24, 2.45) is 0 Å². The van der Waals surface area contributed by atoms with E-state index in [-0.39, 0.29) is 6.42 Å². The first-order valence-corrected chi connectivity index (χ1v) is 8.64. The molecule has 0 fully saturated rings.